The summed E-state index contributed by atoms with van der Waals surface area (Å²) in [5.74, 6) is 1.32. The Bertz CT molecular complexity index is 510. The van der Waals surface area contributed by atoms with E-state index in [0.717, 1.165) is 5.82 Å². The molecule has 0 aliphatic heterocycles. The van der Waals surface area contributed by atoms with Crippen molar-refractivity contribution in [3.63, 3.8) is 0 Å². The first-order chi connectivity index (χ1) is 8.08. The molecule has 90 valence electrons. The second-order valence-corrected chi connectivity index (χ2v) is 4.02. The van der Waals surface area contributed by atoms with Crippen LogP contribution in [0.3, 0.4) is 0 Å². The molecule has 6 nitrogen and oxygen atoms in total. The van der Waals surface area contributed by atoms with Gasteiger partial charge >= 0.3 is 0 Å². The standard InChI is InChI=1S/C10H13ClN6/c1-5-7(12)9(17-10(11)16-5)15-6(2)8-13-3-4-14-8/h3-4,6H,12H2,1-2H3,(H,13,14)(H,15,16,17). The number of halogens is 1. The van der Waals surface area contributed by atoms with E-state index in [4.69, 9.17) is 17.3 Å². The summed E-state index contributed by atoms with van der Waals surface area (Å²) in [6.45, 7) is 3.73. The van der Waals surface area contributed by atoms with Gasteiger partial charge in [-0.2, -0.15) is 4.98 Å². The van der Waals surface area contributed by atoms with Crippen molar-refractivity contribution in [1.29, 1.82) is 0 Å². The van der Waals surface area contributed by atoms with Gasteiger partial charge in [0.2, 0.25) is 5.28 Å². The Morgan fingerprint density at radius 1 is 1.47 bits per heavy atom. The molecule has 7 heteroatoms. The van der Waals surface area contributed by atoms with Crippen molar-refractivity contribution in [3.05, 3.63) is 29.2 Å². The highest BCUT2D eigenvalue weighted by molar-refractivity contribution is 6.28. The van der Waals surface area contributed by atoms with Crippen LogP contribution in [0.25, 0.3) is 0 Å². The van der Waals surface area contributed by atoms with Crippen molar-refractivity contribution in [3.8, 4) is 0 Å². The van der Waals surface area contributed by atoms with Crippen LogP contribution >= 0.6 is 11.6 Å². The summed E-state index contributed by atoms with van der Waals surface area (Å²) in [5, 5.41) is 3.31. The molecule has 2 aromatic rings. The first-order valence-corrected chi connectivity index (χ1v) is 5.51. The van der Waals surface area contributed by atoms with Gasteiger partial charge in [0, 0.05) is 12.4 Å². The maximum absolute atomic E-state index is 5.88. The lowest BCUT2D eigenvalue weighted by Gasteiger charge is -2.14. The molecule has 0 amide bonds. The van der Waals surface area contributed by atoms with Gasteiger partial charge < -0.3 is 16.0 Å². The summed E-state index contributed by atoms with van der Waals surface area (Å²) in [4.78, 5) is 15.2. The van der Waals surface area contributed by atoms with E-state index in [2.05, 4.69) is 25.3 Å². The molecule has 2 heterocycles. The number of aromatic amines is 1. The Balaban J connectivity index is 2.24. The predicted octanol–water partition coefficient (Wildman–Crippen LogP) is 1.92. The van der Waals surface area contributed by atoms with Crippen molar-refractivity contribution < 1.29 is 0 Å². The third-order valence-electron chi connectivity index (χ3n) is 2.39. The fourth-order valence-corrected chi connectivity index (χ4v) is 1.66. The van der Waals surface area contributed by atoms with E-state index in [1.807, 2.05) is 6.92 Å². The normalized spacial score (nSPS) is 12.4. The van der Waals surface area contributed by atoms with Gasteiger partial charge in [-0.1, -0.05) is 0 Å². The molecule has 0 saturated heterocycles. The molecule has 2 rings (SSSR count). The number of nitrogens with zero attached hydrogens (tertiary/aromatic N) is 3. The molecule has 0 fully saturated rings. The zero-order valence-electron chi connectivity index (χ0n) is 9.53. The van der Waals surface area contributed by atoms with Gasteiger partial charge in [0.1, 0.15) is 5.82 Å². The van der Waals surface area contributed by atoms with Gasteiger partial charge in [-0.3, -0.25) is 0 Å². The van der Waals surface area contributed by atoms with E-state index in [1.165, 1.54) is 0 Å². The molecule has 2 aromatic heterocycles. The van der Waals surface area contributed by atoms with E-state index in [1.54, 1.807) is 19.3 Å². The zero-order chi connectivity index (χ0) is 12.4. The van der Waals surface area contributed by atoms with E-state index in [9.17, 15) is 0 Å². The minimum Gasteiger partial charge on any atom is -0.394 e. The first-order valence-electron chi connectivity index (χ1n) is 5.13. The fourth-order valence-electron chi connectivity index (χ4n) is 1.45. The van der Waals surface area contributed by atoms with Crippen LogP contribution < -0.4 is 11.1 Å². The number of hydrogen-bond donors (Lipinski definition) is 3. The Morgan fingerprint density at radius 2 is 2.24 bits per heavy atom. The number of rotatable bonds is 3. The number of H-pyrrole nitrogens is 1. The fraction of sp³-hybridized carbons (Fsp3) is 0.300. The summed E-state index contributed by atoms with van der Waals surface area (Å²) >= 11 is 5.79. The quantitative estimate of drug-likeness (QED) is 0.726. The molecule has 0 bridgehead atoms. The number of imidazole rings is 1. The molecule has 0 spiro atoms. The molecule has 0 aromatic carbocycles. The van der Waals surface area contributed by atoms with Crippen LogP contribution in [0.15, 0.2) is 12.4 Å². The largest absolute Gasteiger partial charge is 0.394 e. The van der Waals surface area contributed by atoms with Crippen LogP contribution in [-0.4, -0.2) is 19.9 Å². The van der Waals surface area contributed by atoms with Gasteiger partial charge in [0.15, 0.2) is 5.82 Å². The Hall–Kier alpha value is -1.82. The van der Waals surface area contributed by atoms with Crippen molar-refractivity contribution >= 4 is 23.1 Å². The van der Waals surface area contributed by atoms with Crippen LogP contribution in [0.5, 0.6) is 0 Å². The van der Waals surface area contributed by atoms with Gasteiger partial charge in [-0.15, -0.1) is 0 Å². The number of anilines is 2. The summed E-state index contributed by atoms with van der Waals surface area (Å²) < 4.78 is 0. The van der Waals surface area contributed by atoms with Crippen LogP contribution in [0.1, 0.15) is 24.5 Å². The van der Waals surface area contributed by atoms with Crippen molar-refractivity contribution in [2.24, 2.45) is 0 Å². The molecule has 0 radical (unpaired) electrons. The predicted molar refractivity (Wildman–Crippen MR) is 66.8 cm³/mol. The molecule has 4 N–H and O–H groups in total. The van der Waals surface area contributed by atoms with E-state index in [-0.39, 0.29) is 11.3 Å². The number of nitrogen functional groups attached to an aromatic ring is 1. The highest BCUT2D eigenvalue weighted by atomic mass is 35.5. The Morgan fingerprint density at radius 3 is 2.88 bits per heavy atom. The summed E-state index contributed by atoms with van der Waals surface area (Å²) in [6.07, 6.45) is 3.45. The third kappa shape index (κ3) is 2.47. The number of nitrogens with two attached hydrogens (primary N) is 1. The maximum Gasteiger partial charge on any atom is 0.224 e. The molecule has 0 aliphatic carbocycles. The molecule has 0 saturated carbocycles. The smallest absolute Gasteiger partial charge is 0.224 e. The molecule has 0 aliphatic rings. The minimum atomic E-state index is -0.0438. The second kappa shape index (κ2) is 4.58. The summed E-state index contributed by atoms with van der Waals surface area (Å²) in [5.41, 5.74) is 7.02. The zero-order valence-corrected chi connectivity index (χ0v) is 10.3. The SMILES string of the molecule is Cc1nc(Cl)nc(NC(C)c2ncc[nH]2)c1N. The van der Waals surface area contributed by atoms with E-state index in [0.29, 0.717) is 17.2 Å². The van der Waals surface area contributed by atoms with Gasteiger partial charge in [0.25, 0.3) is 0 Å². The van der Waals surface area contributed by atoms with Gasteiger partial charge in [0.05, 0.1) is 17.4 Å². The van der Waals surface area contributed by atoms with E-state index >= 15 is 0 Å². The highest BCUT2D eigenvalue weighted by Crippen LogP contribution is 2.24. The molecule has 1 atom stereocenters. The lowest BCUT2D eigenvalue weighted by atomic mass is 10.3. The molecular formula is C10H13ClN6. The number of aryl methyl sites for hydroxylation is 1. The minimum absolute atomic E-state index is 0.0438. The molecule has 17 heavy (non-hydrogen) atoms. The first kappa shape index (κ1) is 11.7. The highest BCUT2D eigenvalue weighted by Gasteiger charge is 2.13. The lowest BCUT2D eigenvalue weighted by molar-refractivity contribution is 0.802. The van der Waals surface area contributed by atoms with Crippen molar-refractivity contribution in [1.82, 2.24) is 19.9 Å². The molecular weight excluding hydrogens is 240 g/mol. The van der Waals surface area contributed by atoms with E-state index < -0.39 is 0 Å². The monoisotopic (exact) mass is 252 g/mol. The van der Waals surface area contributed by atoms with Crippen LogP contribution in [-0.2, 0) is 0 Å². The summed E-state index contributed by atoms with van der Waals surface area (Å²) in [6, 6.07) is -0.0438. The maximum atomic E-state index is 5.88. The van der Waals surface area contributed by atoms with Crippen molar-refractivity contribution in [2.45, 2.75) is 19.9 Å². The summed E-state index contributed by atoms with van der Waals surface area (Å²) in [7, 11) is 0. The second-order valence-electron chi connectivity index (χ2n) is 3.68. The number of hydrogen-bond acceptors (Lipinski definition) is 5. The van der Waals surface area contributed by atoms with Gasteiger partial charge in [-0.25, -0.2) is 9.97 Å². The van der Waals surface area contributed by atoms with Crippen molar-refractivity contribution in [2.75, 3.05) is 11.1 Å². The Kier molecular flexibility index (Phi) is 3.14. The number of nitrogens with one attached hydrogen (secondary N) is 2. The number of aromatic nitrogens is 4. The topological polar surface area (TPSA) is 92.5 Å². The average molecular weight is 253 g/mol. The molecule has 1 unspecified atom stereocenters. The van der Waals surface area contributed by atoms with Crippen LogP contribution in [0.2, 0.25) is 5.28 Å². The van der Waals surface area contributed by atoms with Gasteiger partial charge in [-0.05, 0) is 25.4 Å². The third-order valence-corrected chi connectivity index (χ3v) is 2.56. The Labute approximate surface area is 104 Å². The lowest BCUT2D eigenvalue weighted by Crippen LogP contribution is -2.12. The van der Waals surface area contributed by atoms with Crippen LogP contribution in [0, 0.1) is 6.92 Å². The average Bonchev–Trinajstić information content (AvgIpc) is 2.78. The van der Waals surface area contributed by atoms with Crippen LogP contribution in [0.4, 0.5) is 11.5 Å².